The van der Waals surface area contributed by atoms with Crippen molar-refractivity contribution in [3.05, 3.63) is 65.2 Å². The molecule has 2 rings (SSSR count). The maximum atomic E-state index is 12.4. The molecule has 0 aliphatic carbocycles. The summed E-state index contributed by atoms with van der Waals surface area (Å²) in [6, 6.07) is 16.7. The highest BCUT2D eigenvalue weighted by atomic mass is 35.5. The molecule has 0 heterocycles. The van der Waals surface area contributed by atoms with E-state index in [0.717, 1.165) is 10.5 Å². The van der Waals surface area contributed by atoms with Crippen molar-refractivity contribution in [2.45, 2.75) is 11.4 Å². The normalized spacial score (nSPS) is 13.9. The second-order valence-electron chi connectivity index (χ2n) is 4.03. The summed E-state index contributed by atoms with van der Waals surface area (Å²) in [7, 11) is -2.33. The van der Waals surface area contributed by atoms with Gasteiger partial charge in [-0.2, -0.15) is 0 Å². The van der Waals surface area contributed by atoms with E-state index in [0.29, 0.717) is 11.6 Å². The van der Waals surface area contributed by atoms with Crippen molar-refractivity contribution in [2.75, 3.05) is 6.26 Å². The van der Waals surface area contributed by atoms with Gasteiger partial charge >= 0.3 is 0 Å². The van der Waals surface area contributed by atoms with Gasteiger partial charge in [-0.1, -0.05) is 41.9 Å². The summed E-state index contributed by atoms with van der Waals surface area (Å²) >= 11 is 5.81. The zero-order valence-corrected chi connectivity index (χ0v) is 11.6. The van der Waals surface area contributed by atoms with Gasteiger partial charge < -0.3 is 0 Å². The van der Waals surface area contributed by atoms with Crippen LogP contribution >= 0.6 is 11.6 Å². The van der Waals surface area contributed by atoms with Crippen LogP contribution in [0.15, 0.2) is 63.9 Å². The first-order valence-corrected chi connectivity index (χ1v) is 7.85. The number of halogens is 1. The Hall–Kier alpha value is -1.32. The lowest BCUT2D eigenvalue weighted by Crippen LogP contribution is -1.98. The second kappa shape index (κ2) is 5.55. The predicted molar refractivity (Wildman–Crippen MR) is 76.4 cm³/mol. The van der Waals surface area contributed by atoms with Crippen LogP contribution < -0.4 is 0 Å². The van der Waals surface area contributed by atoms with Crippen molar-refractivity contribution in [3.8, 4) is 0 Å². The first kappa shape index (κ1) is 13.1. The Morgan fingerprint density at radius 3 is 2.28 bits per heavy atom. The van der Waals surface area contributed by atoms with Gasteiger partial charge in [0.2, 0.25) is 0 Å². The van der Waals surface area contributed by atoms with Gasteiger partial charge in [-0.05, 0) is 29.8 Å². The summed E-state index contributed by atoms with van der Waals surface area (Å²) < 4.78 is 16.7. The molecule has 0 aliphatic heterocycles. The van der Waals surface area contributed by atoms with Crippen molar-refractivity contribution >= 4 is 21.3 Å². The molecule has 1 unspecified atom stereocenters. The molecule has 0 N–H and O–H groups in total. The summed E-state index contributed by atoms with van der Waals surface area (Å²) in [6.45, 7) is 0.432. The van der Waals surface area contributed by atoms with E-state index >= 15 is 0 Å². The fourth-order valence-electron chi connectivity index (χ4n) is 1.54. The molecule has 0 aliphatic rings. The van der Waals surface area contributed by atoms with Crippen molar-refractivity contribution < 1.29 is 4.21 Å². The minimum atomic E-state index is -2.33. The van der Waals surface area contributed by atoms with Gasteiger partial charge in [0.1, 0.15) is 0 Å². The lowest BCUT2D eigenvalue weighted by molar-refractivity contribution is 0.678. The molecule has 0 aromatic heterocycles. The van der Waals surface area contributed by atoms with Gasteiger partial charge in [0, 0.05) is 16.2 Å². The fourth-order valence-corrected chi connectivity index (χ4v) is 2.87. The molecular formula is C14H14ClNOS. The number of nitrogens with zero attached hydrogens (tertiary/aromatic N) is 1. The van der Waals surface area contributed by atoms with E-state index in [1.807, 2.05) is 54.6 Å². The fraction of sp³-hybridized carbons (Fsp3) is 0.143. The minimum absolute atomic E-state index is 0.432. The van der Waals surface area contributed by atoms with E-state index in [9.17, 15) is 4.21 Å². The van der Waals surface area contributed by atoms with E-state index in [1.165, 1.54) is 0 Å². The SMILES string of the molecule is CS(=O)(=NCc1ccc(Cl)cc1)c1ccccc1. The average molecular weight is 280 g/mol. The van der Waals surface area contributed by atoms with Crippen molar-refractivity contribution in [2.24, 2.45) is 4.36 Å². The zero-order valence-electron chi connectivity index (χ0n) is 10.0. The maximum absolute atomic E-state index is 12.4. The topological polar surface area (TPSA) is 29.4 Å². The average Bonchev–Trinajstić information content (AvgIpc) is 2.39. The molecule has 1 atom stereocenters. The second-order valence-corrected chi connectivity index (χ2v) is 6.80. The van der Waals surface area contributed by atoms with Gasteiger partial charge in [0.05, 0.1) is 16.3 Å². The van der Waals surface area contributed by atoms with Crippen molar-refractivity contribution in [1.29, 1.82) is 0 Å². The number of benzene rings is 2. The molecule has 0 radical (unpaired) electrons. The highest BCUT2D eigenvalue weighted by molar-refractivity contribution is 7.93. The van der Waals surface area contributed by atoms with Gasteiger partial charge in [-0.3, -0.25) is 0 Å². The summed E-state index contributed by atoms with van der Waals surface area (Å²) in [4.78, 5) is 0.763. The zero-order chi connectivity index (χ0) is 13.0. The largest absolute Gasteiger partial charge is 0.245 e. The highest BCUT2D eigenvalue weighted by Gasteiger charge is 2.04. The Morgan fingerprint density at radius 1 is 1.06 bits per heavy atom. The Kier molecular flexibility index (Phi) is 4.04. The summed E-state index contributed by atoms with van der Waals surface area (Å²) in [5, 5.41) is 0.694. The number of rotatable bonds is 3. The number of hydrogen-bond acceptors (Lipinski definition) is 2. The molecule has 2 aromatic rings. The van der Waals surface area contributed by atoms with Crippen molar-refractivity contribution in [1.82, 2.24) is 0 Å². The molecule has 4 heteroatoms. The van der Waals surface area contributed by atoms with Crippen molar-refractivity contribution in [3.63, 3.8) is 0 Å². The van der Waals surface area contributed by atoms with Crippen LogP contribution in [0.3, 0.4) is 0 Å². The molecule has 0 bridgehead atoms. The van der Waals surface area contributed by atoms with Crippen LogP contribution in [-0.4, -0.2) is 10.5 Å². The number of hydrogen-bond donors (Lipinski definition) is 0. The van der Waals surface area contributed by atoms with Crippen LogP contribution in [0, 0.1) is 0 Å². The van der Waals surface area contributed by atoms with Gasteiger partial charge in [0.15, 0.2) is 0 Å². The van der Waals surface area contributed by atoms with Crippen LogP contribution in [0.2, 0.25) is 5.02 Å². The third-order valence-electron chi connectivity index (χ3n) is 2.59. The molecule has 0 spiro atoms. The molecule has 0 saturated carbocycles. The maximum Gasteiger partial charge on any atom is 0.0737 e. The van der Waals surface area contributed by atoms with Crippen LogP contribution in [-0.2, 0) is 16.3 Å². The minimum Gasteiger partial charge on any atom is -0.245 e. The molecule has 0 amide bonds. The molecule has 18 heavy (non-hydrogen) atoms. The standard InChI is InChI=1S/C14H14ClNOS/c1-18(17,14-5-3-2-4-6-14)16-11-12-7-9-13(15)10-8-12/h2-10H,11H2,1H3. The van der Waals surface area contributed by atoms with E-state index in [-0.39, 0.29) is 0 Å². The van der Waals surface area contributed by atoms with Crippen LogP contribution in [0.4, 0.5) is 0 Å². The molecule has 2 aromatic carbocycles. The summed E-state index contributed by atoms with van der Waals surface area (Å²) in [6.07, 6.45) is 1.66. The Balaban J connectivity index is 2.23. The third kappa shape index (κ3) is 3.34. The lowest BCUT2D eigenvalue weighted by atomic mass is 10.2. The quantitative estimate of drug-likeness (QED) is 0.835. The molecule has 2 nitrogen and oxygen atoms in total. The van der Waals surface area contributed by atoms with Crippen LogP contribution in [0.5, 0.6) is 0 Å². The van der Waals surface area contributed by atoms with E-state index in [1.54, 1.807) is 6.26 Å². The first-order chi connectivity index (χ1) is 8.58. The summed E-state index contributed by atoms with van der Waals surface area (Å²) in [5.41, 5.74) is 1.00. The van der Waals surface area contributed by atoms with Gasteiger partial charge in [-0.25, -0.2) is 8.57 Å². The van der Waals surface area contributed by atoms with Gasteiger partial charge in [0.25, 0.3) is 0 Å². The molecule has 0 fully saturated rings. The Bertz CT molecular complexity index is 629. The molecule has 94 valence electrons. The van der Waals surface area contributed by atoms with Gasteiger partial charge in [-0.15, -0.1) is 0 Å². The van der Waals surface area contributed by atoms with E-state index in [4.69, 9.17) is 11.6 Å². The van der Waals surface area contributed by atoms with Crippen LogP contribution in [0.25, 0.3) is 0 Å². The monoisotopic (exact) mass is 279 g/mol. The van der Waals surface area contributed by atoms with E-state index in [2.05, 4.69) is 4.36 Å². The van der Waals surface area contributed by atoms with E-state index < -0.39 is 9.73 Å². The first-order valence-electron chi connectivity index (χ1n) is 5.55. The smallest absolute Gasteiger partial charge is 0.0737 e. The van der Waals surface area contributed by atoms with Crippen LogP contribution in [0.1, 0.15) is 5.56 Å². The lowest BCUT2D eigenvalue weighted by Gasteiger charge is -2.04. The Morgan fingerprint density at radius 2 is 1.67 bits per heavy atom. The highest BCUT2D eigenvalue weighted by Crippen LogP contribution is 2.14. The molecular weight excluding hydrogens is 266 g/mol. The predicted octanol–water partition coefficient (Wildman–Crippen LogP) is 4.00. The Labute approximate surface area is 113 Å². The summed E-state index contributed by atoms with van der Waals surface area (Å²) in [5.74, 6) is 0. The third-order valence-corrected chi connectivity index (χ3v) is 4.61. The molecule has 0 saturated heterocycles.